The summed E-state index contributed by atoms with van der Waals surface area (Å²) in [6.45, 7) is 3.71. The molecule has 0 radical (unpaired) electrons. The minimum Gasteiger partial charge on any atom is -0.395 e. The van der Waals surface area contributed by atoms with E-state index in [1.807, 2.05) is 18.2 Å². The highest BCUT2D eigenvalue weighted by atomic mass is 16.2. The van der Waals surface area contributed by atoms with Crippen LogP contribution in [-0.4, -0.2) is 41.9 Å². The second-order valence-corrected chi connectivity index (χ2v) is 5.87. The molecule has 2 aromatic rings. The van der Waals surface area contributed by atoms with Gasteiger partial charge < -0.3 is 10.6 Å². The van der Waals surface area contributed by atoms with Gasteiger partial charge in [-0.2, -0.15) is 0 Å². The third kappa shape index (κ3) is 3.17. The van der Waals surface area contributed by atoms with Gasteiger partial charge in [-0.3, -0.25) is 19.3 Å². The molecule has 2 N–H and O–H groups in total. The molecule has 23 heavy (non-hydrogen) atoms. The first-order valence-corrected chi connectivity index (χ1v) is 7.68. The Bertz CT molecular complexity index is 770. The Morgan fingerprint density at radius 2 is 1.65 bits per heavy atom. The van der Waals surface area contributed by atoms with E-state index in [0.29, 0.717) is 13.1 Å². The number of hydrogen-bond donors (Lipinski definition) is 1. The van der Waals surface area contributed by atoms with Gasteiger partial charge in [-0.15, -0.1) is 0 Å². The number of rotatable bonds is 4. The number of piperazine rings is 1. The Morgan fingerprint density at radius 3 is 2.26 bits per heavy atom. The van der Waals surface area contributed by atoms with Crippen molar-refractivity contribution in [1.29, 1.82) is 0 Å². The third-order valence-electron chi connectivity index (χ3n) is 4.35. The fourth-order valence-corrected chi connectivity index (χ4v) is 2.89. The van der Waals surface area contributed by atoms with Crippen molar-refractivity contribution < 1.29 is 4.79 Å². The predicted octanol–water partition coefficient (Wildman–Crippen LogP) is -0.248. The number of carbonyl (C=O) groups excluding carboxylic acids is 1. The zero-order chi connectivity index (χ0) is 16.4. The average Bonchev–Trinajstić information content (AvgIpc) is 2.60. The Hall–Kier alpha value is -2.47. The SMILES string of the molecule is Nc1c(CC(=O)N2CCN(Cc3ccccc3)CC2)c(=O)c1=O. The fourth-order valence-electron chi connectivity index (χ4n) is 2.89. The molecule has 6 heteroatoms. The van der Waals surface area contributed by atoms with Gasteiger partial charge in [-0.05, 0) is 5.56 Å². The van der Waals surface area contributed by atoms with Crippen LogP contribution in [0.2, 0.25) is 0 Å². The monoisotopic (exact) mass is 313 g/mol. The van der Waals surface area contributed by atoms with Crippen LogP contribution in [0, 0.1) is 0 Å². The molecule has 1 amide bonds. The lowest BCUT2D eigenvalue weighted by Crippen LogP contribution is -2.50. The van der Waals surface area contributed by atoms with Gasteiger partial charge in [0.15, 0.2) is 0 Å². The summed E-state index contributed by atoms with van der Waals surface area (Å²) in [6, 6.07) is 10.2. The molecule has 0 saturated carbocycles. The molecule has 2 aromatic carbocycles. The summed E-state index contributed by atoms with van der Waals surface area (Å²) in [5.74, 6) is -0.136. The van der Waals surface area contributed by atoms with E-state index in [1.165, 1.54) is 5.56 Å². The van der Waals surface area contributed by atoms with Crippen molar-refractivity contribution in [2.75, 3.05) is 31.9 Å². The Balaban J connectivity index is 1.52. The van der Waals surface area contributed by atoms with Gasteiger partial charge in [0.25, 0.3) is 0 Å². The van der Waals surface area contributed by atoms with E-state index in [2.05, 4.69) is 17.0 Å². The van der Waals surface area contributed by atoms with Crippen LogP contribution < -0.4 is 16.6 Å². The molecule has 0 aliphatic carbocycles. The molecule has 0 aromatic heterocycles. The van der Waals surface area contributed by atoms with Crippen LogP contribution in [0.15, 0.2) is 39.9 Å². The van der Waals surface area contributed by atoms with Crippen LogP contribution in [0.1, 0.15) is 11.1 Å². The van der Waals surface area contributed by atoms with Crippen molar-refractivity contribution in [3.8, 4) is 0 Å². The number of nitrogens with zero attached hydrogens (tertiary/aromatic N) is 2. The number of benzene rings is 1. The highest BCUT2D eigenvalue weighted by molar-refractivity contribution is 5.81. The maximum atomic E-state index is 12.2. The minimum absolute atomic E-state index is 0.0499. The number of carbonyl (C=O) groups is 1. The molecule has 0 atom stereocenters. The smallest absolute Gasteiger partial charge is 0.249 e. The topological polar surface area (TPSA) is 83.7 Å². The van der Waals surface area contributed by atoms with Gasteiger partial charge in [0.2, 0.25) is 16.8 Å². The molecule has 0 bridgehead atoms. The zero-order valence-electron chi connectivity index (χ0n) is 12.8. The third-order valence-corrected chi connectivity index (χ3v) is 4.35. The first-order valence-electron chi connectivity index (χ1n) is 7.68. The van der Waals surface area contributed by atoms with Crippen LogP contribution in [0.4, 0.5) is 5.69 Å². The zero-order valence-corrected chi connectivity index (χ0v) is 12.8. The molecule has 1 fully saturated rings. The number of anilines is 1. The molecule has 1 heterocycles. The fraction of sp³-hybridized carbons (Fsp3) is 0.353. The minimum atomic E-state index is -0.666. The molecule has 3 rings (SSSR count). The molecule has 1 aliphatic heterocycles. The summed E-state index contributed by atoms with van der Waals surface area (Å²) in [4.78, 5) is 38.7. The van der Waals surface area contributed by atoms with Gasteiger partial charge in [-0.25, -0.2) is 0 Å². The summed E-state index contributed by atoms with van der Waals surface area (Å²) >= 11 is 0. The van der Waals surface area contributed by atoms with Gasteiger partial charge in [0, 0.05) is 38.3 Å². The molecular weight excluding hydrogens is 294 g/mol. The Labute approximate surface area is 133 Å². The highest BCUT2D eigenvalue weighted by Crippen LogP contribution is 2.11. The molecule has 1 aliphatic rings. The molecule has 0 unspecified atom stereocenters. The largest absolute Gasteiger partial charge is 0.395 e. The van der Waals surface area contributed by atoms with Gasteiger partial charge in [0.1, 0.15) is 0 Å². The first kappa shape index (κ1) is 15.4. The summed E-state index contributed by atoms with van der Waals surface area (Å²) < 4.78 is 0. The number of amides is 1. The number of hydrogen-bond acceptors (Lipinski definition) is 5. The van der Waals surface area contributed by atoms with Gasteiger partial charge in [-0.1, -0.05) is 30.3 Å². The maximum Gasteiger partial charge on any atom is 0.249 e. The van der Waals surface area contributed by atoms with E-state index in [0.717, 1.165) is 19.6 Å². The standard InChI is InChI=1S/C17H19N3O3/c18-15-13(16(22)17(15)23)10-14(21)20-8-6-19(7-9-20)11-12-4-2-1-3-5-12/h1-5H,6-11,18H2. The lowest BCUT2D eigenvalue weighted by Gasteiger charge is -2.35. The maximum absolute atomic E-state index is 12.2. The lowest BCUT2D eigenvalue weighted by molar-refractivity contribution is -0.132. The Morgan fingerprint density at radius 1 is 1.00 bits per heavy atom. The van der Waals surface area contributed by atoms with Gasteiger partial charge in [0.05, 0.1) is 12.1 Å². The highest BCUT2D eigenvalue weighted by Gasteiger charge is 2.25. The molecule has 6 nitrogen and oxygen atoms in total. The van der Waals surface area contributed by atoms with Crippen LogP contribution in [0.25, 0.3) is 0 Å². The van der Waals surface area contributed by atoms with E-state index < -0.39 is 10.9 Å². The predicted molar refractivity (Wildman–Crippen MR) is 87.8 cm³/mol. The number of nitrogens with two attached hydrogens (primary N) is 1. The average molecular weight is 313 g/mol. The van der Waals surface area contributed by atoms with E-state index in [-0.39, 0.29) is 23.6 Å². The van der Waals surface area contributed by atoms with Gasteiger partial charge >= 0.3 is 0 Å². The second kappa shape index (κ2) is 6.34. The molecule has 1 saturated heterocycles. The van der Waals surface area contributed by atoms with Crippen molar-refractivity contribution in [3.63, 3.8) is 0 Å². The van der Waals surface area contributed by atoms with E-state index in [1.54, 1.807) is 4.90 Å². The molecular formula is C17H19N3O3. The summed E-state index contributed by atoms with van der Waals surface area (Å²) in [7, 11) is 0. The normalized spacial score (nSPS) is 15.9. The van der Waals surface area contributed by atoms with Crippen molar-refractivity contribution in [3.05, 3.63) is 61.9 Å². The van der Waals surface area contributed by atoms with Crippen LogP contribution in [0.3, 0.4) is 0 Å². The first-order chi connectivity index (χ1) is 11.1. The number of nitrogen functional groups attached to an aromatic ring is 1. The van der Waals surface area contributed by atoms with Crippen molar-refractivity contribution >= 4 is 11.6 Å². The summed E-state index contributed by atoms with van der Waals surface area (Å²) in [5, 5.41) is 0. The van der Waals surface area contributed by atoms with E-state index >= 15 is 0 Å². The van der Waals surface area contributed by atoms with Crippen molar-refractivity contribution in [1.82, 2.24) is 9.80 Å². The van der Waals surface area contributed by atoms with Crippen molar-refractivity contribution in [2.24, 2.45) is 0 Å². The van der Waals surface area contributed by atoms with Crippen LogP contribution in [0.5, 0.6) is 0 Å². The lowest BCUT2D eigenvalue weighted by atomic mass is 10.0. The van der Waals surface area contributed by atoms with Crippen LogP contribution in [-0.2, 0) is 17.8 Å². The summed E-state index contributed by atoms with van der Waals surface area (Å²) in [6.07, 6.45) is -0.0604. The van der Waals surface area contributed by atoms with E-state index in [4.69, 9.17) is 5.73 Å². The quantitative estimate of drug-likeness (QED) is 0.787. The Kier molecular flexibility index (Phi) is 4.25. The van der Waals surface area contributed by atoms with Crippen molar-refractivity contribution in [2.45, 2.75) is 13.0 Å². The second-order valence-electron chi connectivity index (χ2n) is 5.87. The molecule has 120 valence electrons. The summed E-state index contributed by atoms with van der Waals surface area (Å²) in [5.41, 5.74) is 5.57. The van der Waals surface area contributed by atoms with E-state index in [9.17, 15) is 14.4 Å². The molecule has 0 spiro atoms. The van der Waals surface area contributed by atoms with Crippen LogP contribution >= 0.6 is 0 Å².